The van der Waals surface area contributed by atoms with E-state index in [1.165, 1.54) is 23.9 Å². The molecular formula is C22H22N2O3S2. The van der Waals surface area contributed by atoms with E-state index in [9.17, 15) is 13.2 Å². The van der Waals surface area contributed by atoms with Crippen molar-refractivity contribution >= 4 is 39.1 Å². The van der Waals surface area contributed by atoms with Crippen molar-refractivity contribution in [2.24, 2.45) is 0 Å². The SMILES string of the molecule is Cc1ccc(NS(=O)(=O)c2ccc(NC(=O)CSc3ccccc3)cc2)c(C)c1. The first-order valence-corrected chi connectivity index (χ1v) is 11.5. The number of rotatable bonds is 7. The van der Waals surface area contributed by atoms with Crippen LogP contribution in [-0.2, 0) is 14.8 Å². The van der Waals surface area contributed by atoms with Crippen molar-refractivity contribution in [3.05, 3.63) is 83.9 Å². The smallest absolute Gasteiger partial charge is 0.261 e. The van der Waals surface area contributed by atoms with Gasteiger partial charge < -0.3 is 5.32 Å². The molecule has 0 saturated carbocycles. The number of sulfonamides is 1. The van der Waals surface area contributed by atoms with Crippen LogP contribution in [0.2, 0.25) is 0 Å². The van der Waals surface area contributed by atoms with Gasteiger partial charge in [-0.25, -0.2) is 8.42 Å². The number of anilines is 2. The minimum absolute atomic E-state index is 0.133. The van der Waals surface area contributed by atoms with Crippen LogP contribution in [-0.4, -0.2) is 20.1 Å². The van der Waals surface area contributed by atoms with Gasteiger partial charge in [-0.15, -0.1) is 11.8 Å². The van der Waals surface area contributed by atoms with Gasteiger partial charge in [0.15, 0.2) is 0 Å². The highest BCUT2D eigenvalue weighted by molar-refractivity contribution is 8.00. The van der Waals surface area contributed by atoms with E-state index < -0.39 is 10.0 Å². The molecule has 3 aromatic rings. The molecular weight excluding hydrogens is 404 g/mol. The third-order valence-corrected chi connectivity index (χ3v) is 6.58. The Bertz CT molecular complexity index is 1100. The van der Waals surface area contributed by atoms with E-state index in [0.29, 0.717) is 11.4 Å². The molecule has 3 aromatic carbocycles. The fraction of sp³-hybridized carbons (Fsp3) is 0.136. The average Bonchev–Trinajstić information content (AvgIpc) is 2.70. The quantitative estimate of drug-likeness (QED) is 0.531. The number of carbonyl (C=O) groups excluding carboxylic acids is 1. The summed E-state index contributed by atoms with van der Waals surface area (Å²) in [5.74, 6) is 0.126. The van der Waals surface area contributed by atoms with Gasteiger partial charge in [0.2, 0.25) is 5.91 Å². The number of amides is 1. The monoisotopic (exact) mass is 426 g/mol. The molecule has 0 atom stereocenters. The predicted molar refractivity (Wildman–Crippen MR) is 119 cm³/mol. The van der Waals surface area contributed by atoms with E-state index in [1.54, 1.807) is 18.2 Å². The van der Waals surface area contributed by atoms with Gasteiger partial charge in [0.1, 0.15) is 0 Å². The second kappa shape index (κ2) is 9.15. The summed E-state index contributed by atoms with van der Waals surface area (Å²) in [6, 6.07) is 21.3. The highest BCUT2D eigenvalue weighted by Gasteiger charge is 2.15. The summed E-state index contributed by atoms with van der Waals surface area (Å²) in [6.45, 7) is 3.81. The topological polar surface area (TPSA) is 75.3 Å². The third kappa shape index (κ3) is 5.85. The van der Waals surface area contributed by atoms with Crippen molar-refractivity contribution in [1.82, 2.24) is 0 Å². The minimum Gasteiger partial charge on any atom is -0.325 e. The van der Waals surface area contributed by atoms with E-state index >= 15 is 0 Å². The van der Waals surface area contributed by atoms with Crippen LogP contribution in [0.5, 0.6) is 0 Å². The van der Waals surface area contributed by atoms with E-state index in [-0.39, 0.29) is 16.6 Å². The number of aryl methyl sites for hydroxylation is 2. The first-order chi connectivity index (χ1) is 13.8. The molecule has 0 fully saturated rings. The van der Waals surface area contributed by atoms with E-state index in [4.69, 9.17) is 0 Å². The van der Waals surface area contributed by atoms with E-state index in [1.807, 2.05) is 56.3 Å². The van der Waals surface area contributed by atoms with Crippen molar-refractivity contribution in [2.45, 2.75) is 23.6 Å². The molecule has 0 aliphatic heterocycles. The van der Waals surface area contributed by atoms with Crippen LogP contribution in [0.1, 0.15) is 11.1 Å². The minimum atomic E-state index is -3.71. The zero-order valence-electron chi connectivity index (χ0n) is 16.2. The molecule has 29 heavy (non-hydrogen) atoms. The summed E-state index contributed by atoms with van der Waals surface area (Å²) in [5.41, 5.74) is 3.02. The van der Waals surface area contributed by atoms with Gasteiger partial charge in [0.25, 0.3) is 10.0 Å². The molecule has 2 N–H and O–H groups in total. The molecule has 0 aromatic heterocycles. The molecule has 1 amide bonds. The lowest BCUT2D eigenvalue weighted by Crippen LogP contribution is -2.15. The molecule has 0 radical (unpaired) electrons. The fourth-order valence-corrected chi connectivity index (χ4v) is 4.56. The predicted octanol–water partition coefficient (Wildman–Crippen LogP) is 4.84. The Kier molecular flexibility index (Phi) is 6.61. The van der Waals surface area contributed by atoms with E-state index in [0.717, 1.165) is 16.0 Å². The van der Waals surface area contributed by atoms with Crippen LogP contribution in [0.3, 0.4) is 0 Å². The average molecular weight is 427 g/mol. The molecule has 150 valence electrons. The maximum Gasteiger partial charge on any atom is 0.261 e. The second-order valence-corrected chi connectivity index (χ2v) is 9.33. The summed E-state index contributed by atoms with van der Waals surface area (Å²) in [5, 5.41) is 2.78. The van der Waals surface area contributed by atoms with Crippen LogP contribution in [0.4, 0.5) is 11.4 Å². The Morgan fingerprint density at radius 3 is 2.28 bits per heavy atom. The summed E-state index contributed by atoms with van der Waals surface area (Å²) in [4.78, 5) is 13.3. The largest absolute Gasteiger partial charge is 0.325 e. The van der Waals surface area contributed by atoms with Crippen molar-refractivity contribution in [3.63, 3.8) is 0 Å². The first-order valence-electron chi connectivity index (χ1n) is 9.01. The van der Waals surface area contributed by atoms with Gasteiger partial charge in [-0.1, -0.05) is 35.9 Å². The van der Waals surface area contributed by atoms with Gasteiger partial charge in [-0.2, -0.15) is 0 Å². The normalized spacial score (nSPS) is 11.1. The van der Waals surface area contributed by atoms with Crippen molar-refractivity contribution in [3.8, 4) is 0 Å². The Morgan fingerprint density at radius 2 is 1.62 bits per heavy atom. The maximum atomic E-state index is 12.6. The lowest BCUT2D eigenvalue weighted by Gasteiger charge is -2.12. The van der Waals surface area contributed by atoms with Crippen molar-refractivity contribution in [1.29, 1.82) is 0 Å². The number of thioether (sulfide) groups is 1. The molecule has 0 saturated heterocycles. The lowest BCUT2D eigenvalue weighted by molar-refractivity contribution is -0.113. The second-order valence-electron chi connectivity index (χ2n) is 6.60. The Morgan fingerprint density at radius 1 is 0.931 bits per heavy atom. The zero-order valence-corrected chi connectivity index (χ0v) is 17.8. The fourth-order valence-electron chi connectivity index (χ4n) is 2.71. The summed E-state index contributed by atoms with van der Waals surface area (Å²) in [7, 11) is -3.71. The van der Waals surface area contributed by atoms with Gasteiger partial charge >= 0.3 is 0 Å². The highest BCUT2D eigenvalue weighted by atomic mass is 32.2. The molecule has 0 heterocycles. The molecule has 0 unspecified atom stereocenters. The Balaban J connectivity index is 1.62. The van der Waals surface area contributed by atoms with Gasteiger partial charge in [0.05, 0.1) is 16.3 Å². The Labute approximate surface area is 175 Å². The number of hydrogen-bond donors (Lipinski definition) is 2. The third-order valence-electron chi connectivity index (χ3n) is 4.19. The zero-order chi connectivity index (χ0) is 20.9. The highest BCUT2D eigenvalue weighted by Crippen LogP contribution is 2.22. The van der Waals surface area contributed by atoms with Gasteiger partial charge in [-0.05, 0) is 61.9 Å². The van der Waals surface area contributed by atoms with Crippen molar-refractivity contribution in [2.75, 3.05) is 15.8 Å². The number of nitrogens with one attached hydrogen (secondary N) is 2. The summed E-state index contributed by atoms with van der Waals surface area (Å²) >= 11 is 1.44. The maximum absolute atomic E-state index is 12.6. The standard InChI is InChI=1S/C22H22N2O3S2/c1-16-8-13-21(17(2)14-16)24-29(26,27)20-11-9-18(10-12-20)23-22(25)15-28-19-6-4-3-5-7-19/h3-14,24H,15H2,1-2H3,(H,23,25). The molecule has 7 heteroatoms. The first kappa shape index (κ1) is 21.0. The molecule has 0 aliphatic rings. The van der Waals surface area contributed by atoms with Crippen LogP contribution >= 0.6 is 11.8 Å². The number of hydrogen-bond acceptors (Lipinski definition) is 4. The van der Waals surface area contributed by atoms with Gasteiger partial charge in [-0.3, -0.25) is 9.52 Å². The van der Waals surface area contributed by atoms with Crippen LogP contribution in [0.25, 0.3) is 0 Å². The lowest BCUT2D eigenvalue weighted by atomic mass is 10.1. The molecule has 0 spiro atoms. The van der Waals surface area contributed by atoms with Gasteiger partial charge in [0, 0.05) is 10.6 Å². The molecule has 0 bridgehead atoms. The van der Waals surface area contributed by atoms with Crippen molar-refractivity contribution < 1.29 is 13.2 Å². The van der Waals surface area contributed by atoms with Crippen LogP contribution in [0, 0.1) is 13.8 Å². The molecule has 0 aliphatic carbocycles. The number of benzene rings is 3. The molecule has 3 rings (SSSR count). The summed E-state index contributed by atoms with van der Waals surface area (Å²) in [6.07, 6.45) is 0. The van der Waals surface area contributed by atoms with E-state index in [2.05, 4.69) is 10.0 Å². The van der Waals surface area contributed by atoms with Crippen LogP contribution in [0.15, 0.2) is 82.6 Å². The molecule has 5 nitrogen and oxygen atoms in total. The summed E-state index contributed by atoms with van der Waals surface area (Å²) < 4.78 is 27.9. The Hall–Kier alpha value is -2.77. The van der Waals surface area contributed by atoms with Crippen LogP contribution < -0.4 is 10.0 Å². The number of carbonyl (C=O) groups is 1.